The molecule has 1 amide bonds. The van der Waals surface area contributed by atoms with E-state index in [9.17, 15) is 9.59 Å². The minimum absolute atomic E-state index is 0.0302. The molecule has 0 aliphatic carbocycles. The third kappa shape index (κ3) is 6.14. The minimum Gasteiger partial charge on any atom is -0.368 e. The molecule has 5 heteroatoms. The van der Waals surface area contributed by atoms with E-state index >= 15 is 0 Å². The zero-order chi connectivity index (χ0) is 16.0. The van der Waals surface area contributed by atoms with Gasteiger partial charge in [0.25, 0.3) is 0 Å². The van der Waals surface area contributed by atoms with Crippen LogP contribution >= 0.6 is 0 Å². The summed E-state index contributed by atoms with van der Waals surface area (Å²) in [5.74, 6) is 0.799. The molecule has 5 nitrogen and oxygen atoms in total. The average molecular weight is 297 g/mol. The number of nitrogens with zero attached hydrogens (tertiary/aromatic N) is 1. The lowest BCUT2D eigenvalue weighted by Crippen LogP contribution is -2.45. The predicted molar refractivity (Wildman–Crippen MR) is 82.8 cm³/mol. The Kier molecular flexibility index (Phi) is 7.32. The van der Waals surface area contributed by atoms with Crippen LogP contribution in [-0.2, 0) is 14.3 Å². The molecular weight excluding hydrogens is 268 g/mol. The Morgan fingerprint density at radius 3 is 2.67 bits per heavy atom. The van der Waals surface area contributed by atoms with E-state index in [1.807, 2.05) is 19.0 Å². The van der Waals surface area contributed by atoms with Crippen molar-refractivity contribution >= 4 is 11.7 Å². The van der Waals surface area contributed by atoms with E-state index in [-0.39, 0.29) is 24.4 Å². The highest BCUT2D eigenvalue weighted by Crippen LogP contribution is 2.17. The van der Waals surface area contributed by atoms with E-state index in [4.69, 9.17) is 4.74 Å². The molecule has 1 fully saturated rings. The molecule has 1 N–H and O–H groups in total. The van der Waals surface area contributed by atoms with Crippen LogP contribution in [0.2, 0.25) is 0 Å². The number of hydrogen-bond donors (Lipinski definition) is 1. The summed E-state index contributed by atoms with van der Waals surface area (Å²) in [5, 5.41) is 2.81. The van der Waals surface area contributed by atoms with Gasteiger partial charge in [0.2, 0.25) is 5.91 Å². The molecule has 1 saturated heterocycles. The molecule has 0 bridgehead atoms. The standard InChI is InChI=1S/C16H29N2O3/c1-11(2)12(3)6-7-15(20)17-16-13(19)10-21-14(16)8-9-18(4)5/h7,11-12,14,16H,6,8-10H2,1-5H3,(H,17,20). The maximum atomic E-state index is 12.0. The SMILES string of the molecule is CC(C)C(C)C[CH]C(=O)NC1C(=O)COC1CCN(C)C. The number of Topliss-reactive ketones (excluding diaryl/α,β-unsaturated/α-hetero) is 1. The zero-order valence-electron chi connectivity index (χ0n) is 13.9. The summed E-state index contributed by atoms with van der Waals surface area (Å²) in [6.45, 7) is 7.34. The summed E-state index contributed by atoms with van der Waals surface area (Å²) >= 11 is 0. The Morgan fingerprint density at radius 1 is 1.43 bits per heavy atom. The first-order chi connectivity index (χ1) is 9.81. The third-order valence-electron chi connectivity index (χ3n) is 4.13. The molecular formula is C16H29N2O3. The smallest absolute Gasteiger partial charge is 0.224 e. The Bertz CT molecular complexity index is 355. The van der Waals surface area contributed by atoms with Crippen molar-refractivity contribution in [3.8, 4) is 0 Å². The number of carbonyl (C=O) groups excluding carboxylic acids is 2. The molecule has 1 radical (unpaired) electrons. The van der Waals surface area contributed by atoms with Gasteiger partial charge in [-0.05, 0) is 38.8 Å². The molecule has 0 aromatic heterocycles. The second-order valence-electron chi connectivity index (χ2n) is 6.56. The highest BCUT2D eigenvalue weighted by Gasteiger charge is 2.36. The van der Waals surface area contributed by atoms with Gasteiger partial charge in [0.05, 0.1) is 6.10 Å². The van der Waals surface area contributed by atoms with E-state index in [2.05, 4.69) is 26.1 Å². The van der Waals surface area contributed by atoms with Gasteiger partial charge < -0.3 is 15.0 Å². The Labute approximate surface area is 128 Å². The van der Waals surface area contributed by atoms with Crippen LogP contribution in [-0.4, -0.2) is 56.0 Å². The summed E-state index contributed by atoms with van der Waals surface area (Å²) in [4.78, 5) is 25.9. The highest BCUT2D eigenvalue weighted by atomic mass is 16.5. The Balaban J connectivity index is 2.42. The van der Waals surface area contributed by atoms with Gasteiger partial charge in [0, 0.05) is 13.0 Å². The maximum Gasteiger partial charge on any atom is 0.224 e. The van der Waals surface area contributed by atoms with Crippen LogP contribution < -0.4 is 5.32 Å². The monoisotopic (exact) mass is 297 g/mol. The van der Waals surface area contributed by atoms with Gasteiger partial charge in [0.15, 0.2) is 5.78 Å². The van der Waals surface area contributed by atoms with Crippen LogP contribution in [0.25, 0.3) is 0 Å². The highest BCUT2D eigenvalue weighted by molar-refractivity contribution is 5.94. The lowest BCUT2D eigenvalue weighted by atomic mass is 9.93. The summed E-state index contributed by atoms with van der Waals surface area (Å²) in [6, 6.07) is -0.497. The molecule has 3 unspecified atom stereocenters. The Morgan fingerprint density at radius 2 is 2.10 bits per heavy atom. The predicted octanol–water partition coefficient (Wildman–Crippen LogP) is 1.28. The van der Waals surface area contributed by atoms with Gasteiger partial charge >= 0.3 is 0 Å². The normalized spacial score (nSPS) is 23.9. The molecule has 0 saturated carbocycles. The first-order valence-corrected chi connectivity index (χ1v) is 7.74. The molecule has 0 aromatic rings. The van der Waals surface area contributed by atoms with E-state index in [0.29, 0.717) is 11.8 Å². The summed E-state index contributed by atoms with van der Waals surface area (Å²) < 4.78 is 5.49. The van der Waals surface area contributed by atoms with Crippen LogP contribution in [0, 0.1) is 18.3 Å². The molecule has 0 spiro atoms. The summed E-state index contributed by atoms with van der Waals surface area (Å²) in [5.41, 5.74) is 0. The number of rotatable bonds is 8. The van der Waals surface area contributed by atoms with Gasteiger partial charge in [-0.1, -0.05) is 20.8 Å². The molecule has 0 aromatic carbocycles. The summed E-state index contributed by atoms with van der Waals surface area (Å²) in [6.07, 6.45) is 2.92. The fourth-order valence-electron chi connectivity index (χ4n) is 2.17. The van der Waals surface area contributed by atoms with Crippen molar-refractivity contribution in [2.24, 2.45) is 11.8 Å². The second-order valence-corrected chi connectivity index (χ2v) is 6.56. The number of nitrogens with one attached hydrogen (secondary N) is 1. The van der Waals surface area contributed by atoms with Crippen molar-refractivity contribution in [2.45, 2.75) is 45.8 Å². The summed E-state index contributed by atoms with van der Waals surface area (Å²) in [7, 11) is 3.96. The number of hydrogen-bond acceptors (Lipinski definition) is 4. The largest absolute Gasteiger partial charge is 0.368 e. The van der Waals surface area contributed by atoms with Crippen LogP contribution in [0.5, 0.6) is 0 Å². The topological polar surface area (TPSA) is 58.6 Å². The van der Waals surface area contributed by atoms with E-state index in [0.717, 1.165) is 19.4 Å². The quantitative estimate of drug-likeness (QED) is 0.733. The number of ether oxygens (including phenoxy) is 1. The van der Waals surface area contributed by atoms with Crippen molar-refractivity contribution < 1.29 is 14.3 Å². The molecule has 3 atom stereocenters. The van der Waals surface area contributed by atoms with Crippen LogP contribution in [0.15, 0.2) is 0 Å². The first kappa shape index (κ1) is 18.1. The average Bonchev–Trinajstić information content (AvgIpc) is 2.74. The van der Waals surface area contributed by atoms with E-state index in [1.165, 1.54) is 0 Å². The van der Waals surface area contributed by atoms with Crippen molar-refractivity contribution in [1.82, 2.24) is 10.2 Å². The first-order valence-electron chi connectivity index (χ1n) is 7.74. The van der Waals surface area contributed by atoms with Crippen LogP contribution in [0.1, 0.15) is 33.6 Å². The van der Waals surface area contributed by atoms with Gasteiger partial charge in [-0.15, -0.1) is 0 Å². The third-order valence-corrected chi connectivity index (χ3v) is 4.13. The minimum atomic E-state index is -0.497. The molecule has 1 aliphatic heterocycles. The van der Waals surface area contributed by atoms with E-state index in [1.54, 1.807) is 6.42 Å². The molecule has 1 heterocycles. The molecule has 21 heavy (non-hydrogen) atoms. The Hall–Kier alpha value is -0.940. The number of ketones is 1. The van der Waals surface area contributed by atoms with Crippen molar-refractivity contribution in [2.75, 3.05) is 27.2 Å². The fourth-order valence-corrected chi connectivity index (χ4v) is 2.17. The fraction of sp³-hybridized carbons (Fsp3) is 0.812. The van der Waals surface area contributed by atoms with Gasteiger partial charge in [-0.25, -0.2) is 0 Å². The van der Waals surface area contributed by atoms with Gasteiger partial charge in [-0.2, -0.15) is 0 Å². The van der Waals surface area contributed by atoms with Crippen LogP contribution in [0.4, 0.5) is 0 Å². The number of carbonyl (C=O) groups is 2. The maximum absolute atomic E-state index is 12.0. The second kappa shape index (κ2) is 8.49. The van der Waals surface area contributed by atoms with Crippen molar-refractivity contribution in [3.05, 3.63) is 6.42 Å². The number of amides is 1. The molecule has 1 rings (SSSR count). The van der Waals surface area contributed by atoms with Crippen molar-refractivity contribution in [1.29, 1.82) is 0 Å². The van der Waals surface area contributed by atoms with Gasteiger partial charge in [-0.3, -0.25) is 9.59 Å². The van der Waals surface area contributed by atoms with Crippen LogP contribution in [0.3, 0.4) is 0 Å². The zero-order valence-corrected chi connectivity index (χ0v) is 13.9. The van der Waals surface area contributed by atoms with E-state index < -0.39 is 6.04 Å². The lowest BCUT2D eigenvalue weighted by molar-refractivity contribution is -0.124. The lowest BCUT2D eigenvalue weighted by Gasteiger charge is -2.21. The molecule has 121 valence electrons. The molecule has 1 aliphatic rings. The van der Waals surface area contributed by atoms with Crippen molar-refractivity contribution in [3.63, 3.8) is 0 Å². The van der Waals surface area contributed by atoms with Gasteiger partial charge in [0.1, 0.15) is 12.6 Å².